The number of imidazole rings is 1. The van der Waals surface area contributed by atoms with Crippen molar-refractivity contribution in [1.29, 1.82) is 0 Å². The van der Waals surface area contributed by atoms with E-state index in [0.29, 0.717) is 23.1 Å². The molecule has 162 valence electrons. The maximum Gasteiger partial charge on any atom is 0.339 e. The largest absolute Gasteiger partial charge is 0.455 e. The van der Waals surface area contributed by atoms with Crippen molar-refractivity contribution in [1.82, 2.24) is 14.3 Å². The van der Waals surface area contributed by atoms with Crippen LogP contribution in [-0.4, -0.2) is 45.0 Å². The summed E-state index contributed by atoms with van der Waals surface area (Å²) in [4.78, 5) is 32.5. The summed E-state index contributed by atoms with van der Waals surface area (Å²) in [6, 6.07) is 13.4. The summed E-state index contributed by atoms with van der Waals surface area (Å²) in [6.45, 7) is 0.100. The second-order valence-corrected chi connectivity index (χ2v) is 8.87. The van der Waals surface area contributed by atoms with Crippen LogP contribution in [0, 0.1) is 0 Å². The van der Waals surface area contributed by atoms with Crippen molar-refractivity contribution in [3.05, 3.63) is 66.1 Å². The number of nitrogens with zero attached hydrogens (tertiary/aromatic N) is 3. The first kappa shape index (κ1) is 21.4. The van der Waals surface area contributed by atoms with Crippen LogP contribution >= 0.6 is 11.8 Å². The molecule has 0 aliphatic heterocycles. The fourth-order valence-electron chi connectivity index (χ4n) is 3.95. The lowest BCUT2D eigenvalue weighted by atomic mass is 9.94. The molecular weight excluding hydrogens is 410 g/mol. The maximum absolute atomic E-state index is 12.7. The molecule has 0 spiro atoms. The van der Waals surface area contributed by atoms with Crippen LogP contribution in [0.4, 0.5) is 0 Å². The Hall–Kier alpha value is -2.80. The molecule has 0 atom stereocenters. The maximum atomic E-state index is 12.7. The second kappa shape index (κ2) is 10.0. The van der Waals surface area contributed by atoms with Crippen LogP contribution in [0.15, 0.2) is 59.8 Å². The molecule has 6 nitrogen and oxygen atoms in total. The number of hydrogen-bond donors (Lipinski definition) is 0. The Morgan fingerprint density at radius 1 is 1.13 bits per heavy atom. The van der Waals surface area contributed by atoms with Gasteiger partial charge in [0, 0.05) is 30.4 Å². The van der Waals surface area contributed by atoms with Crippen molar-refractivity contribution < 1.29 is 14.3 Å². The Bertz CT molecular complexity index is 1030. The summed E-state index contributed by atoms with van der Waals surface area (Å²) in [5.41, 5.74) is 1.98. The summed E-state index contributed by atoms with van der Waals surface area (Å²) in [5, 5.41) is 0. The first-order chi connectivity index (χ1) is 15.1. The number of amides is 1. The molecule has 7 heteroatoms. The Morgan fingerprint density at radius 2 is 1.90 bits per heavy atom. The molecule has 2 aromatic heterocycles. The summed E-state index contributed by atoms with van der Waals surface area (Å²) in [7, 11) is 1.90. The number of thioether (sulfide) groups is 1. The molecule has 1 aliphatic carbocycles. The van der Waals surface area contributed by atoms with E-state index < -0.39 is 5.97 Å². The van der Waals surface area contributed by atoms with Crippen LogP contribution in [0.3, 0.4) is 0 Å². The molecule has 0 N–H and O–H groups in total. The van der Waals surface area contributed by atoms with Gasteiger partial charge in [-0.3, -0.25) is 4.79 Å². The van der Waals surface area contributed by atoms with Crippen molar-refractivity contribution in [2.75, 3.05) is 12.8 Å². The predicted molar refractivity (Wildman–Crippen MR) is 121 cm³/mol. The van der Waals surface area contributed by atoms with Gasteiger partial charge in [-0.2, -0.15) is 0 Å². The van der Waals surface area contributed by atoms with E-state index in [1.54, 1.807) is 6.07 Å². The number of carbonyl (C=O) groups excluding carboxylic acids is 2. The molecular formula is C24H27N3O3S. The molecule has 0 unspecified atom stereocenters. The molecule has 1 saturated carbocycles. The lowest BCUT2D eigenvalue weighted by Gasteiger charge is -2.31. The van der Waals surface area contributed by atoms with E-state index in [1.807, 2.05) is 65.1 Å². The lowest BCUT2D eigenvalue weighted by molar-refractivity contribution is -0.129. The minimum absolute atomic E-state index is 0.100. The highest BCUT2D eigenvalue weighted by atomic mass is 32.2. The Kier molecular flexibility index (Phi) is 6.92. The van der Waals surface area contributed by atoms with Gasteiger partial charge in [0.15, 0.2) is 0 Å². The van der Waals surface area contributed by atoms with Gasteiger partial charge in [0.25, 0.3) is 0 Å². The molecule has 2 heterocycles. The standard InChI is InChI=1S/C24H27N3O3S/c1-26(19-9-3-2-4-10-19)23(28)17-31-21-12-6-5-11-20(21)24(29)30-16-18-15-27-14-8-7-13-22(27)25-18/h5-8,11-15,19H,2-4,9-10,16-17H2,1H3. The van der Waals surface area contributed by atoms with E-state index in [4.69, 9.17) is 4.74 Å². The van der Waals surface area contributed by atoms with E-state index in [1.165, 1.54) is 31.0 Å². The zero-order chi connectivity index (χ0) is 21.6. The highest BCUT2D eigenvalue weighted by Crippen LogP contribution is 2.26. The number of carbonyl (C=O) groups is 2. The van der Waals surface area contributed by atoms with Crippen LogP contribution in [-0.2, 0) is 16.1 Å². The fraction of sp³-hybridized carbons (Fsp3) is 0.375. The predicted octanol–water partition coefficient (Wildman–Crippen LogP) is 4.57. The van der Waals surface area contributed by atoms with Gasteiger partial charge in [0.05, 0.1) is 17.0 Å². The second-order valence-electron chi connectivity index (χ2n) is 7.86. The van der Waals surface area contributed by atoms with Crippen molar-refractivity contribution >= 4 is 29.3 Å². The Balaban J connectivity index is 1.35. The SMILES string of the molecule is CN(C(=O)CSc1ccccc1C(=O)OCc1cn2ccccc2n1)C1CCCCC1. The molecule has 31 heavy (non-hydrogen) atoms. The van der Waals surface area contributed by atoms with Gasteiger partial charge in [-0.25, -0.2) is 9.78 Å². The van der Waals surface area contributed by atoms with Crippen LogP contribution in [0.1, 0.15) is 48.2 Å². The van der Waals surface area contributed by atoms with Crippen molar-refractivity contribution in [2.45, 2.75) is 49.6 Å². The number of fused-ring (bicyclic) bond motifs is 1. The van der Waals surface area contributed by atoms with E-state index in [-0.39, 0.29) is 12.5 Å². The molecule has 3 aromatic rings. The monoisotopic (exact) mass is 437 g/mol. The Labute approximate surface area is 186 Å². The smallest absolute Gasteiger partial charge is 0.339 e. The molecule has 1 amide bonds. The Morgan fingerprint density at radius 3 is 2.71 bits per heavy atom. The van der Waals surface area contributed by atoms with Gasteiger partial charge in [-0.15, -0.1) is 11.8 Å². The number of aromatic nitrogens is 2. The number of rotatable bonds is 7. The van der Waals surface area contributed by atoms with Crippen LogP contribution in [0.25, 0.3) is 5.65 Å². The third-order valence-electron chi connectivity index (χ3n) is 5.74. The summed E-state index contributed by atoms with van der Waals surface area (Å²) < 4.78 is 7.40. The van der Waals surface area contributed by atoms with Crippen LogP contribution < -0.4 is 0 Å². The summed E-state index contributed by atoms with van der Waals surface area (Å²) >= 11 is 1.39. The third-order valence-corrected chi connectivity index (χ3v) is 6.80. The highest BCUT2D eigenvalue weighted by molar-refractivity contribution is 8.00. The number of esters is 1. The number of pyridine rings is 1. The van der Waals surface area contributed by atoms with Gasteiger partial charge >= 0.3 is 5.97 Å². The molecule has 1 aromatic carbocycles. The van der Waals surface area contributed by atoms with Gasteiger partial charge in [0.1, 0.15) is 12.3 Å². The number of hydrogen-bond acceptors (Lipinski definition) is 5. The van der Waals surface area contributed by atoms with Gasteiger partial charge in [0.2, 0.25) is 5.91 Å². The first-order valence-electron chi connectivity index (χ1n) is 10.7. The lowest BCUT2D eigenvalue weighted by Crippen LogP contribution is -2.39. The van der Waals surface area contributed by atoms with Crippen molar-refractivity contribution in [2.24, 2.45) is 0 Å². The molecule has 1 fully saturated rings. The van der Waals surface area contributed by atoms with E-state index >= 15 is 0 Å². The summed E-state index contributed by atoms with van der Waals surface area (Å²) in [5.74, 6) is 0.00186. The van der Waals surface area contributed by atoms with E-state index in [2.05, 4.69) is 4.98 Å². The minimum Gasteiger partial charge on any atom is -0.455 e. The van der Waals surface area contributed by atoms with Gasteiger partial charge in [-0.05, 0) is 37.1 Å². The zero-order valence-corrected chi connectivity index (χ0v) is 18.5. The summed E-state index contributed by atoms with van der Waals surface area (Å²) in [6.07, 6.45) is 9.56. The third kappa shape index (κ3) is 5.28. The molecule has 0 radical (unpaired) electrons. The van der Waals surface area contributed by atoms with Gasteiger partial charge < -0.3 is 14.0 Å². The molecule has 4 rings (SSSR count). The molecule has 0 bridgehead atoms. The molecule has 0 saturated heterocycles. The van der Waals surface area contributed by atoms with E-state index in [0.717, 1.165) is 23.4 Å². The minimum atomic E-state index is -0.409. The average molecular weight is 438 g/mol. The normalized spacial score (nSPS) is 14.5. The van der Waals surface area contributed by atoms with Gasteiger partial charge in [-0.1, -0.05) is 37.5 Å². The number of benzene rings is 1. The topological polar surface area (TPSA) is 63.9 Å². The van der Waals surface area contributed by atoms with E-state index in [9.17, 15) is 9.59 Å². The van der Waals surface area contributed by atoms with Crippen molar-refractivity contribution in [3.63, 3.8) is 0 Å². The quantitative estimate of drug-likeness (QED) is 0.400. The molecule has 1 aliphatic rings. The highest BCUT2D eigenvalue weighted by Gasteiger charge is 2.22. The van der Waals surface area contributed by atoms with Crippen molar-refractivity contribution in [3.8, 4) is 0 Å². The zero-order valence-electron chi connectivity index (χ0n) is 17.7. The number of ether oxygens (including phenoxy) is 1. The average Bonchev–Trinajstić information content (AvgIpc) is 3.24. The fourth-order valence-corrected chi connectivity index (χ4v) is 4.91. The first-order valence-corrected chi connectivity index (χ1v) is 11.7. The van der Waals surface area contributed by atoms with Crippen LogP contribution in [0.2, 0.25) is 0 Å². The van der Waals surface area contributed by atoms with Crippen LogP contribution in [0.5, 0.6) is 0 Å².